The second kappa shape index (κ2) is 9.92. The number of nitrogens with one attached hydrogen (secondary N) is 1. The molecule has 1 N–H and O–H groups in total. The van der Waals surface area contributed by atoms with E-state index >= 15 is 0 Å². The highest BCUT2D eigenvalue weighted by Crippen LogP contribution is 2.27. The summed E-state index contributed by atoms with van der Waals surface area (Å²) in [6.45, 7) is 1.32. The summed E-state index contributed by atoms with van der Waals surface area (Å²) in [5.74, 6) is -0.421. The lowest BCUT2D eigenvalue weighted by molar-refractivity contribution is -0.119. The zero-order valence-corrected chi connectivity index (χ0v) is 20.0. The molecule has 2 aromatic carbocycles. The topological polar surface area (TPSA) is 104 Å². The van der Waals surface area contributed by atoms with Gasteiger partial charge in [0, 0.05) is 25.3 Å². The third-order valence-electron chi connectivity index (χ3n) is 6.18. The van der Waals surface area contributed by atoms with Crippen molar-refractivity contribution in [1.29, 1.82) is 0 Å². The molecule has 0 aromatic heterocycles. The first-order chi connectivity index (χ1) is 15.8. The van der Waals surface area contributed by atoms with Gasteiger partial charge in [-0.1, -0.05) is 31.0 Å². The van der Waals surface area contributed by atoms with E-state index in [4.69, 9.17) is 0 Å². The van der Waals surface area contributed by atoms with Crippen LogP contribution in [0.25, 0.3) is 0 Å². The smallest absolute Gasteiger partial charge is 0.243 e. The predicted octanol–water partition coefficient (Wildman–Crippen LogP) is 3.04. The molecule has 2 aromatic rings. The molecule has 178 valence electrons. The Morgan fingerprint density at radius 1 is 0.727 bits per heavy atom. The highest BCUT2D eigenvalue weighted by Gasteiger charge is 2.39. The van der Waals surface area contributed by atoms with Crippen molar-refractivity contribution in [2.75, 3.05) is 25.0 Å². The fourth-order valence-corrected chi connectivity index (χ4v) is 7.58. The molecule has 0 spiro atoms. The number of hydrogen-bond acceptors (Lipinski definition) is 5. The third-order valence-corrected chi connectivity index (χ3v) is 10.0. The van der Waals surface area contributed by atoms with Crippen LogP contribution in [-0.4, -0.2) is 57.0 Å². The largest absolute Gasteiger partial charge is 0.325 e. The van der Waals surface area contributed by atoms with Crippen molar-refractivity contribution in [3.63, 3.8) is 0 Å². The number of nitrogens with zero attached hydrogens (tertiary/aromatic N) is 2. The van der Waals surface area contributed by atoms with Crippen molar-refractivity contribution in [2.45, 2.75) is 54.4 Å². The monoisotopic (exact) mass is 491 g/mol. The summed E-state index contributed by atoms with van der Waals surface area (Å²) in [6.07, 6.45) is 4.81. The maximum atomic E-state index is 13.0. The van der Waals surface area contributed by atoms with Gasteiger partial charge in [0.05, 0.1) is 9.79 Å². The van der Waals surface area contributed by atoms with Crippen LogP contribution in [0.5, 0.6) is 0 Å². The van der Waals surface area contributed by atoms with E-state index in [9.17, 15) is 21.6 Å². The quantitative estimate of drug-likeness (QED) is 0.669. The Labute approximate surface area is 195 Å². The molecule has 0 saturated carbocycles. The fraction of sp³-hybridized carbons (Fsp3) is 0.435. The average molecular weight is 492 g/mol. The third kappa shape index (κ3) is 5.13. The number of amides is 1. The van der Waals surface area contributed by atoms with Crippen molar-refractivity contribution < 1.29 is 21.6 Å². The van der Waals surface area contributed by atoms with Crippen LogP contribution in [0, 0.1) is 0 Å². The Kier molecular flexibility index (Phi) is 7.18. The van der Waals surface area contributed by atoms with Crippen molar-refractivity contribution in [3.05, 3.63) is 54.6 Å². The van der Waals surface area contributed by atoms with E-state index in [1.165, 1.54) is 32.9 Å². The zero-order valence-electron chi connectivity index (χ0n) is 18.4. The maximum Gasteiger partial charge on any atom is 0.243 e. The summed E-state index contributed by atoms with van der Waals surface area (Å²) >= 11 is 0. The molecular formula is C23H29N3O5S2. The van der Waals surface area contributed by atoms with Crippen molar-refractivity contribution in [3.8, 4) is 0 Å². The summed E-state index contributed by atoms with van der Waals surface area (Å²) < 4.78 is 54.7. The Morgan fingerprint density at radius 2 is 1.33 bits per heavy atom. The first-order valence-electron chi connectivity index (χ1n) is 11.3. The van der Waals surface area contributed by atoms with Gasteiger partial charge in [-0.2, -0.15) is 8.61 Å². The van der Waals surface area contributed by atoms with E-state index in [1.54, 1.807) is 30.3 Å². The van der Waals surface area contributed by atoms with E-state index in [2.05, 4.69) is 5.32 Å². The molecule has 4 rings (SSSR count). The van der Waals surface area contributed by atoms with Gasteiger partial charge < -0.3 is 5.32 Å². The molecule has 1 amide bonds. The van der Waals surface area contributed by atoms with Gasteiger partial charge in [-0.3, -0.25) is 4.79 Å². The SMILES string of the molecule is O=C(Nc1ccc(S(=O)(=O)N2CCCCCC2)cc1)C1CCCN1S(=O)(=O)c1ccccc1. The summed E-state index contributed by atoms with van der Waals surface area (Å²) in [4.78, 5) is 13.3. The van der Waals surface area contributed by atoms with Gasteiger partial charge in [0.2, 0.25) is 26.0 Å². The number of sulfonamides is 2. The van der Waals surface area contributed by atoms with Crippen LogP contribution < -0.4 is 5.32 Å². The van der Waals surface area contributed by atoms with Crippen LogP contribution in [0.15, 0.2) is 64.4 Å². The molecule has 2 saturated heterocycles. The standard InChI is InChI=1S/C23H29N3O5S2/c27-23(22-11-8-18-26(22)33(30,31)20-9-4-3-5-10-20)24-19-12-14-21(15-13-19)32(28,29)25-16-6-1-2-7-17-25/h3-5,9-10,12-15,22H,1-2,6-8,11,16-18H2,(H,24,27). The van der Waals surface area contributed by atoms with Gasteiger partial charge in [0.15, 0.2) is 0 Å². The molecule has 2 aliphatic rings. The van der Waals surface area contributed by atoms with Crippen LogP contribution >= 0.6 is 0 Å². The molecule has 0 bridgehead atoms. The van der Waals surface area contributed by atoms with E-state index in [1.807, 2.05) is 0 Å². The molecule has 2 aliphatic heterocycles. The Hall–Kier alpha value is -2.27. The van der Waals surface area contributed by atoms with E-state index in [0.29, 0.717) is 31.6 Å². The maximum absolute atomic E-state index is 13.0. The molecule has 33 heavy (non-hydrogen) atoms. The summed E-state index contributed by atoms with van der Waals surface area (Å²) in [5.41, 5.74) is 0.429. The van der Waals surface area contributed by atoms with Crippen LogP contribution in [-0.2, 0) is 24.8 Å². The second-order valence-corrected chi connectivity index (χ2v) is 12.2. The molecule has 2 fully saturated rings. The van der Waals surface area contributed by atoms with Gasteiger partial charge in [-0.05, 0) is 62.1 Å². The van der Waals surface area contributed by atoms with Gasteiger partial charge in [-0.15, -0.1) is 0 Å². The molecule has 10 heteroatoms. The van der Waals surface area contributed by atoms with E-state index in [0.717, 1.165) is 25.7 Å². The minimum absolute atomic E-state index is 0.160. The molecule has 8 nitrogen and oxygen atoms in total. The molecule has 1 unspecified atom stereocenters. The number of benzene rings is 2. The Morgan fingerprint density at radius 3 is 1.97 bits per heavy atom. The van der Waals surface area contributed by atoms with Crippen LogP contribution in [0.2, 0.25) is 0 Å². The van der Waals surface area contributed by atoms with Gasteiger partial charge in [0.25, 0.3) is 0 Å². The minimum atomic E-state index is -3.78. The Bertz CT molecular complexity index is 1170. The average Bonchev–Trinajstić information content (AvgIpc) is 3.16. The molecule has 0 radical (unpaired) electrons. The fourth-order valence-electron chi connectivity index (χ4n) is 4.38. The number of anilines is 1. The van der Waals surface area contributed by atoms with Crippen LogP contribution in [0.3, 0.4) is 0 Å². The lowest BCUT2D eigenvalue weighted by Gasteiger charge is -2.23. The van der Waals surface area contributed by atoms with E-state index < -0.39 is 32.0 Å². The summed E-state index contributed by atoms with van der Waals surface area (Å²) in [5, 5.41) is 2.75. The summed E-state index contributed by atoms with van der Waals surface area (Å²) in [7, 11) is -7.35. The second-order valence-electron chi connectivity index (χ2n) is 8.42. The number of carbonyl (C=O) groups is 1. The number of carbonyl (C=O) groups excluding carboxylic acids is 1. The lowest BCUT2D eigenvalue weighted by atomic mass is 10.2. The number of hydrogen-bond donors (Lipinski definition) is 1. The highest BCUT2D eigenvalue weighted by molar-refractivity contribution is 7.89. The molecular weight excluding hydrogens is 462 g/mol. The van der Waals surface area contributed by atoms with Crippen molar-refractivity contribution in [1.82, 2.24) is 8.61 Å². The minimum Gasteiger partial charge on any atom is -0.325 e. The first kappa shape index (κ1) is 23.9. The molecule has 0 aliphatic carbocycles. The zero-order chi connectivity index (χ0) is 23.5. The highest BCUT2D eigenvalue weighted by atomic mass is 32.2. The van der Waals surface area contributed by atoms with Crippen LogP contribution in [0.1, 0.15) is 38.5 Å². The lowest BCUT2D eigenvalue weighted by Crippen LogP contribution is -2.43. The molecule has 2 heterocycles. The van der Waals surface area contributed by atoms with E-state index in [-0.39, 0.29) is 16.3 Å². The molecule has 1 atom stereocenters. The normalized spacial score (nSPS) is 20.9. The predicted molar refractivity (Wildman–Crippen MR) is 126 cm³/mol. The van der Waals surface area contributed by atoms with Gasteiger partial charge >= 0.3 is 0 Å². The first-order valence-corrected chi connectivity index (χ1v) is 14.2. The Balaban J connectivity index is 1.46. The van der Waals surface area contributed by atoms with Crippen molar-refractivity contribution >= 4 is 31.6 Å². The number of rotatable bonds is 6. The van der Waals surface area contributed by atoms with Gasteiger partial charge in [0.1, 0.15) is 6.04 Å². The van der Waals surface area contributed by atoms with Crippen LogP contribution in [0.4, 0.5) is 5.69 Å². The van der Waals surface area contributed by atoms with Gasteiger partial charge in [-0.25, -0.2) is 16.8 Å². The summed E-state index contributed by atoms with van der Waals surface area (Å²) in [6, 6.07) is 13.4. The van der Waals surface area contributed by atoms with Crippen molar-refractivity contribution in [2.24, 2.45) is 0 Å².